The highest BCUT2D eigenvalue weighted by molar-refractivity contribution is 5.93. The second kappa shape index (κ2) is 8.21. The Bertz CT molecular complexity index is 1160. The van der Waals surface area contributed by atoms with Crippen molar-refractivity contribution in [1.82, 2.24) is 9.78 Å². The van der Waals surface area contributed by atoms with Gasteiger partial charge >= 0.3 is 6.18 Å². The molecular formula is C21H15F3N4O2. The van der Waals surface area contributed by atoms with Crippen molar-refractivity contribution in [2.75, 3.05) is 5.32 Å². The van der Waals surface area contributed by atoms with Crippen LogP contribution in [0.4, 0.5) is 18.9 Å². The van der Waals surface area contributed by atoms with Crippen molar-refractivity contribution in [3.8, 4) is 17.3 Å². The molecule has 0 saturated carbocycles. The molecule has 3 aromatic rings. The summed E-state index contributed by atoms with van der Waals surface area (Å²) in [6.45, 7) is 1.45. The Morgan fingerprint density at radius 2 is 1.70 bits per heavy atom. The lowest BCUT2D eigenvalue weighted by atomic mass is 10.1. The summed E-state index contributed by atoms with van der Waals surface area (Å²) in [5.74, 6) is -0.610. The molecule has 0 saturated heterocycles. The number of benzene rings is 2. The number of alkyl halides is 3. The van der Waals surface area contributed by atoms with Crippen LogP contribution in [-0.4, -0.2) is 15.7 Å². The standard InChI is InChI=1S/C21H15F3N4O2/c1-13(20(30)26-17-8-6-16(7-9-17)21(22,23)24)28-19(29)11-10-18(27-28)15-4-2-14(12-25)3-5-15/h2-11,13H,1H3,(H,26,30). The molecule has 2 aromatic carbocycles. The third-order valence-corrected chi connectivity index (χ3v) is 4.36. The van der Waals surface area contributed by atoms with E-state index in [0.717, 1.165) is 28.9 Å². The van der Waals surface area contributed by atoms with Gasteiger partial charge in [0.15, 0.2) is 0 Å². The summed E-state index contributed by atoms with van der Waals surface area (Å²) in [6.07, 6.45) is -4.47. The zero-order chi connectivity index (χ0) is 21.9. The van der Waals surface area contributed by atoms with Crippen LogP contribution in [0.15, 0.2) is 65.5 Å². The van der Waals surface area contributed by atoms with Crippen LogP contribution >= 0.6 is 0 Å². The quantitative estimate of drug-likeness (QED) is 0.702. The van der Waals surface area contributed by atoms with Crippen molar-refractivity contribution in [3.05, 3.63) is 82.1 Å². The van der Waals surface area contributed by atoms with Gasteiger partial charge in [0.2, 0.25) is 5.91 Å². The number of nitriles is 1. The number of amides is 1. The SMILES string of the molecule is CC(C(=O)Nc1ccc(C(F)(F)F)cc1)n1nc(-c2ccc(C#N)cc2)ccc1=O. The maximum absolute atomic E-state index is 12.6. The van der Waals surface area contributed by atoms with Crippen molar-refractivity contribution in [1.29, 1.82) is 5.26 Å². The molecule has 0 bridgehead atoms. The van der Waals surface area contributed by atoms with E-state index in [1.54, 1.807) is 24.3 Å². The first-order valence-corrected chi connectivity index (χ1v) is 8.77. The van der Waals surface area contributed by atoms with Crippen molar-refractivity contribution in [2.24, 2.45) is 0 Å². The third kappa shape index (κ3) is 4.55. The first kappa shape index (κ1) is 20.8. The Morgan fingerprint density at radius 3 is 2.27 bits per heavy atom. The van der Waals surface area contributed by atoms with E-state index in [4.69, 9.17) is 5.26 Å². The van der Waals surface area contributed by atoms with Gasteiger partial charge in [0, 0.05) is 17.3 Å². The smallest absolute Gasteiger partial charge is 0.324 e. The Balaban J connectivity index is 1.81. The Hall–Kier alpha value is -3.93. The molecule has 1 atom stereocenters. The van der Waals surface area contributed by atoms with Gasteiger partial charge in [-0.1, -0.05) is 12.1 Å². The van der Waals surface area contributed by atoms with E-state index in [9.17, 15) is 22.8 Å². The number of hydrogen-bond donors (Lipinski definition) is 1. The van der Waals surface area contributed by atoms with Gasteiger partial charge in [-0.05, 0) is 49.4 Å². The van der Waals surface area contributed by atoms with Crippen molar-refractivity contribution in [2.45, 2.75) is 19.1 Å². The molecule has 6 nitrogen and oxygen atoms in total. The van der Waals surface area contributed by atoms with Crippen LogP contribution < -0.4 is 10.9 Å². The van der Waals surface area contributed by atoms with E-state index in [-0.39, 0.29) is 5.69 Å². The predicted molar refractivity (Wildman–Crippen MR) is 103 cm³/mol. The molecule has 9 heteroatoms. The van der Waals surface area contributed by atoms with Crippen LogP contribution in [0.5, 0.6) is 0 Å². The first-order chi connectivity index (χ1) is 14.2. The minimum atomic E-state index is -4.47. The average Bonchev–Trinajstić information content (AvgIpc) is 2.73. The van der Waals surface area contributed by atoms with Crippen molar-refractivity contribution >= 4 is 11.6 Å². The summed E-state index contributed by atoms with van der Waals surface area (Å²) in [5, 5.41) is 15.6. The maximum Gasteiger partial charge on any atom is 0.416 e. The number of anilines is 1. The Labute approximate surface area is 169 Å². The van der Waals surface area contributed by atoms with E-state index in [2.05, 4.69) is 10.4 Å². The second-order valence-corrected chi connectivity index (χ2v) is 6.43. The molecule has 1 heterocycles. The minimum absolute atomic E-state index is 0.163. The lowest BCUT2D eigenvalue weighted by Crippen LogP contribution is -2.33. The Morgan fingerprint density at radius 1 is 1.07 bits per heavy atom. The lowest BCUT2D eigenvalue weighted by molar-refractivity contribution is -0.137. The fourth-order valence-corrected chi connectivity index (χ4v) is 2.67. The molecule has 1 amide bonds. The highest BCUT2D eigenvalue weighted by Gasteiger charge is 2.30. The molecule has 0 aliphatic rings. The summed E-state index contributed by atoms with van der Waals surface area (Å²) in [6, 6.07) is 14.3. The topological polar surface area (TPSA) is 87.8 Å². The van der Waals surface area contributed by atoms with Crippen LogP contribution in [0.1, 0.15) is 24.1 Å². The molecule has 0 aliphatic carbocycles. The fraction of sp³-hybridized carbons (Fsp3) is 0.143. The van der Waals surface area contributed by atoms with Crippen LogP contribution in [0.25, 0.3) is 11.3 Å². The number of hydrogen-bond acceptors (Lipinski definition) is 4. The van der Waals surface area contributed by atoms with Gasteiger partial charge in [0.1, 0.15) is 6.04 Å². The van der Waals surface area contributed by atoms with E-state index in [0.29, 0.717) is 16.8 Å². The summed E-state index contributed by atoms with van der Waals surface area (Å²) in [7, 11) is 0. The first-order valence-electron chi connectivity index (χ1n) is 8.77. The van der Waals surface area contributed by atoms with Gasteiger partial charge in [-0.15, -0.1) is 0 Å². The number of carbonyl (C=O) groups is 1. The molecule has 0 spiro atoms. The van der Waals surface area contributed by atoms with Crippen molar-refractivity contribution in [3.63, 3.8) is 0 Å². The third-order valence-electron chi connectivity index (χ3n) is 4.36. The molecule has 152 valence electrons. The molecule has 1 N–H and O–H groups in total. The lowest BCUT2D eigenvalue weighted by Gasteiger charge is -2.15. The summed E-state index contributed by atoms with van der Waals surface area (Å²) < 4.78 is 38.9. The predicted octanol–water partition coefficient (Wildman–Crippen LogP) is 4.00. The molecule has 0 fully saturated rings. The van der Waals surface area contributed by atoms with E-state index in [1.165, 1.54) is 19.1 Å². The molecule has 1 unspecified atom stereocenters. The number of nitrogens with zero attached hydrogens (tertiary/aromatic N) is 3. The van der Waals surface area contributed by atoms with E-state index in [1.807, 2.05) is 6.07 Å². The largest absolute Gasteiger partial charge is 0.416 e. The number of aromatic nitrogens is 2. The summed E-state index contributed by atoms with van der Waals surface area (Å²) in [5.41, 5.74) is 0.364. The van der Waals surface area contributed by atoms with Gasteiger partial charge in [0.05, 0.1) is 22.9 Å². The number of nitrogens with one attached hydrogen (secondary N) is 1. The summed E-state index contributed by atoms with van der Waals surface area (Å²) >= 11 is 0. The van der Waals surface area contributed by atoms with Crippen LogP contribution in [-0.2, 0) is 11.0 Å². The van der Waals surface area contributed by atoms with Crippen LogP contribution in [0.3, 0.4) is 0 Å². The normalized spacial score (nSPS) is 12.1. The highest BCUT2D eigenvalue weighted by atomic mass is 19.4. The zero-order valence-electron chi connectivity index (χ0n) is 15.6. The van der Waals surface area contributed by atoms with Gasteiger partial charge in [-0.2, -0.15) is 23.5 Å². The second-order valence-electron chi connectivity index (χ2n) is 6.43. The molecule has 30 heavy (non-hydrogen) atoms. The number of carbonyl (C=O) groups excluding carboxylic acids is 1. The van der Waals surface area contributed by atoms with Crippen molar-refractivity contribution < 1.29 is 18.0 Å². The molecule has 1 aromatic heterocycles. The highest BCUT2D eigenvalue weighted by Crippen LogP contribution is 2.30. The molecular weight excluding hydrogens is 397 g/mol. The van der Waals surface area contributed by atoms with Gasteiger partial charge < -0.3 is 5.32 Å². The van der Waals surface area contributed by atoms with Gasteiger partial charge in [-0.25, -0.2) is 4.68 Å². The molecule has 0 radical (unpaired) electrons. The van der Waals surface area contributed by atoms with Crippen LogP contribution in [0, 0.1) is 11.3 Å². The van der Waals surface area contributed by atoms with Crippen LogP contribution in [0.2, 0.25) is 0 Å². The maximum atomic E-state index is 12.6. The molecule has 3 rings (SSSR count). The number of halogens is 3. The van der Waals surface area contributed by atoms with E-state index >= 15 is 0 Å². The Kier molecular flexibility index (Phi) is 5.69. The van der Waals surface area contributed by atoms with Gasteiger partial charge in [-0.3, -0.25) is 9.59 Å². The van der Waals surface area contributed by atoms with E-state index < -0.39 is 29.2 Å². The summed E-state index contributed by atoms with van der Waals surface area (Å²) in [4.78, 5) is 24.7. The zero-order valence-corrected chi connectivity index (χ0v) is 15.6. The van der Waals surface area contributed by atoms with Gasteiger partial charge in [0.25, 0.3) is 5.56 Å². The monoisotopic (exact) mass is 412 g/mol. The number of rotatable bonds is 4. The minimum Gasteiger partial charge on any atom is -0.324 e. The average molecular weight is 412 g/mol. The fourth-order valence-electron chi connectivity index (χ4n) is 2.67. The molecule has 0 aliphatic heterocycles.